The minimum absolute atomic E-state index is 0.0496. The van der Waals surface area contributed by atoms with Gasteiger partial charge in [0.25, 0.3) is 0 Å². The number of carbonyl (C=O) groups excluding carboxylic acids is 1. The van der Waals surface area contributed by atoms with E-state index in [1.165, 1.54) is 0 Å². The molecule has 0 aliphatic rings. The van der Waals surface area contributed by atoms with Gasteiger partial charge in [-0.2, -0.15) is 5.26 Å². The van der Waals surface area contributed by atoms with Gasteiger partial charge < -0.3 is 10.6 Å². The number of hydrogen-bond acceptors (Lipinski definition) is 4. The second kappa shape index (κ2) is 8.22. The summed E-state index contributed by atoms with van der Waals surface area (Å²) in [4.78, 5) is 15.5. The first kappa shape index (κ1) is 15.1. The molecule has 0 aliphatic heterocycles. The van der Waals surface area contributed by atoms with Gasteiger partial charge in [0.15, 0.2) is 0 Å². The number of carbonyl (C=O) groups is 1. The topological polar surface area (TPSA) is 77.8 Å². The zero-order valence-electron chi connectivity index (χ0n) is 11.4. The highest BCUT2D eigenvalue weighted by atomic mass is 16.1. The molecule has 19 heavy (non-hydrogen) atoms. The number of nitrogens with zero attached hydrogens (tertiary/aromatic N) is 2. The average molecular weight is 260 g/mol. The van der Waals surface area contributed by atoms with Crippen LogP contribution in [0.2, 0.25) is 0 Å². The molecule has 2 N–H and O–H groups in total. The van der Waals surface area contributed by atoms with Crippen LogP contribution in [-0.4, -0.2) is 23.5 Å². The van der Waals surface area contributed by atoms with Crippen LogP contribution in [0.4, 0.5) is 0 Å². The van der Waals surface area contributed by atoms with Gasteiger partial charge in [-0.3, -0.25) is 4.79 Å². The van der Waals surface area contributed by atoms with Crippen molar-refractivity contribution in [2.75, 3.05) is 6.54 Å². The first-order valence-electron chi connectivity index (χ1n) is 6.51. The van der Waals surface area contributed by atoms with E-state index in [1.807, 2.05) is 26.0 Å². The fraction of sp³-hybridized carbons (Fsp3) is 0.500. The third kappa shape index (κ3) is 5.49. The Morgan fingerprint density at radius 2 is 2.37 bits per heavy atom. The molecular formula is C14H20N4O. The van der Waals surface area contributed by atoms with E-state index in [0.717, 1.165) is 12.0 Å². The van der Waals surface area contributed by atoms with E-state index in [-0.39, 0.29) is 11.9 Å². The highest BCUT2D eigenvalue weighted by Gasteiger charge is 2.05. The summed E-state index contributed by atoms with van der Waals surface area (Å²) in [6, 6.07) is 5.93. The van der Waals surface area contributed by atoms with Gasteiger partial charge in [0.1, 0.15) is 11.8 Å². The van der Waals surface area contributed by atoms with Gasteiger partial charge >= 0.3 is 0 Å². The zero-order valence-corrected chi connectivity index (χ0v) is 11.4. The highest BCUT2D eigenvalue weighted by molar-refractivity contribution is 5.76. The van der Waals surface area contributed by atoms with Crippen LogP contribution in [0.3, 0.4) is 0 Å². The van der Waals surface area contributed by atoms with Crippen LogP contribution in [0.1, 0.15) is 37.9 Å². The Morgan fingerprint density at radius 3 is 3.05 bits per heavy atom. The third-order valence-corrected chi connectivity index (χ3v) is 2.86. The molecule has 1 atom stereocenters. The fourth-order valence-corrected chi connectivity index (χ4v) is 1.56. The molecule has 1 unspecified atom stereocenters. The van der Waals surface area contributed by atoms with Gasteiger partial charge in [0, 0.05) is 37.3 Å². The van der Waals surface area contributed by atoms with Crippen molar-refractivity contribution < 1.29 is 4.79 Å². The van der Waals surface area contributed by atoms with Crippen LogP contribution >= 0.6 is 0 Å². The highest BCUT2D eigenvalue weighted by Crippen LogP contribution is 2.02. The van der Waals surface area contributed by atoms with Gasteiger partial charge in [0.05, 0.1) is 0 Å². The number of rotatable bonds is 7. The fourth-order valence-electron chi connectivity index (χ4n) is 1.56. The lowest BCUT2D eigenvalue weighted by molar-refractivity contribution is -0.121. The minimum Gasteiger partial charge on any atom is -0.354 e. The molecule has 0 saturated carbocycles. The Kier molecular flexibility index (Phi) is 6.55. The number of nitrogens with one attached hydrogen (secondary N) is 2. The van der Waals surface area contributed by atoms with E-state index in [1.54, 1.807) is 12.3 Å². The van der Waals surface area contributed by atoms with Gasteiger partial charge in [0.2, 0.25) is 5.91 Å². The van der Waals surface area contributed by atoms with Crippen molar-refractivity contribution in [3.63, 3.8) is 0 Å². The lowest BCUT2D eigenvalue weighted by Gasteiger charge is -2.11. The van der Waals surface area contributed by atoms with Crippen molar-refractivity contribution in [1.82, 2.24) is 15.6 Å². The van der Waals surface area contributed by atoms with E-state index >= 15 is 0 Å². The first-order chi connectivity index (χ1) is 9.17. The summed E-state index contributed by atoms with van der Waals surface area (Å²) in [7, 11) is 0. The van der Waals surface area contributed by atoms with E-state index in [0.29, 0.717) is 25.2 Å². The molecule has 5 nitrogen and oxygen atoms in total. The minimum atomic E-state index is 0.0496. The van der Waals surface area contributed by atoms with Crippen LogP contribution in [0.15, 0.2) is 18.3 Å². The zero-order chi connectivity index (χ0) is 14.1. The van der Waals surface area contributed by atoms with E-state index < -0.39 is 0 Å². The third-order valence-electron chi connectivity index (χ3n) is 2.86. The Bertz CT molecular complexity index is 453. The van der Waals surface area contributed by atoms with Crippen LogP contribution in [-0.2, 0) is 11.3 Å². The summed E-state index contributed by atoms with van der Waals surface area (Å²) in [6.07, 6.45) is 2.97. The predicted octanol–water partition coefficient (Wildman–Crippen LogP) is 1.35. The molecule has 0 fully saturated rings. The predicted molar refractivity (Wildman–Crippen MR) is 73.2 cm³/mol. The van der Waals surface area contributed by atoms with Gasteiger partial charge in [-0.1, -0.05) is 13.0 Å². The standard InChI is InChI=1S/C14H20N4O/c1-3-11(2)18-14(19)6-8-16-10-12-5-4-7-17-13(12)9-15/h4-5,7,11,16H,3,6,8,10H2,1-2H3,(H,18,19). The molecule has 0 aliphatic carbocycles. The van der Waals surface area contributed by atoms with Crippen molar-refractivity contribution in [1.29, 1.82) is 5.26 Å². The molecule has 1 heterocycles. The maximum atomic E-state index is 11.5. The SMILES string of the molecule is CCC(C)NC(=O)CCNCc1cccnc1C#N. The van der Waals surface area contributed by atoms with E-state index in [9.17, 15) is 4.79 Å². The summed E-state index contributed by atoms with van der Waals surface area (Å²) in [5, 5.41) is 14.9. The number of hydrogen-bond donors (Lipinski definition) is 2. The number of aromatic nitrogens is 1. The Morgan fingerprint density at radius 1 is 1.58 bits per heavy atom. The quantitative estimate of drug-likeness (QED) is 0.725. The lowest BCUT2D eigenvalue weighted by atomic mass is 10.2. The molecule has 0 aromatic carbocycles. The molecule has 5 heteroatoms. The lowest BCUT2D eigenvalue weighted by Crippen LogP contribution is -2.33. The number of amides is 1. The number of pyridine rings is 1. The largest absolute Gasteiger partial charge is 0.354 e. The van der Waals surface area contributed by atoms with E-state index in [4.69, 9.17) is 5.26 Å². The van der Waals surface area contributed by atoms with Gasteiger partial charge in [-0.05, 0) is 19.4 Å². The summed E-state index contributed by atoms with van der Waals surface area (Å²) in [5.74, 6) is 0.0496. The van der Waals surface area contributed by atoms with Crippen molar-refractivity contribution >= 4 is 5.91 Å². The van der Waals surface area contributed by atoms with Crippen LogP contribution < -0.4 is 10.6 Å². The summed E-state index contributed by atoms with van der Waals surface area (Å²) in [6.45, 7) is 5.16. The smallest absolute Gasteiger partial charge is 0.221 e. The van der Waals surface area contributed by atoms with Crippen LogP contribution in [0, 0.1) is 11.3 Å². The average Bonchev–Trinajstić information content (AvgIpc) is 2.43. The Labute approximate surface area is 114 Å². The molecule has 1 aromatic heterocycles. The van der Waals surface area contributed by atoms with Crippen molar-refractivity contribution in [3.8, 4) is 6.07 Å². The molecular weight excluding hydrogens is 240 g/mol. The van der Waals surface area contributed by atoms with Crippen molar-refractivity contribution in [3.05, 3.63) is 29.6 Å². The first-order valence-corrected chi connectivity index (χ1v) is 6.51. The Hall–Kier alpha value is -1.93. The molecule has 1 amide bonds. The Balaban J connectivity index is 2.28. The summed E-state index contributed by atoms with van der Waals surface area (Å²) in [5.41, 5.74) is 1.28. The summed E-state index contributed by atoms with van der Waals surface area (Å²) < 4.78 is 0. The maximum Gasteiger partial charge on any atom is 0.221 e. The van der Waals surface area contributed by atoms with E-state index in [2.05, 4.69) is 15.6 Å². The molecule has 0 radical (unpaired) electrons. The number of nitriles is 1. The molecule has 0 saturated heterocycles. The maximum absolute atomic E-state index is 11.5. The van der Waals surface area contributed by atoms with Crippen LogP contribution in [0.25, 0.3) is 0 Å². The molecule has 102 valence electrons. The monoisotopic (exact) mass is 260 g/mol. The molecule has 1 aromatic rings. The normalized spacial score (nSPS) is 11.6. The second-order valence-corrected chi connectivity index (χ2v) is 4.43. The molecule has 0 bridgehead atoms. The van der Waals surface area contributed by atoms with Gasteiger partial charge in [-0.15, -0.1) is 0 Å². The van der Waals surface area contributed by atoms with Crippen molar-refractivity contribution in [2.45, 2.75) is 39.3 Å². The molecule has 1 rings (SSSR count). The van der Waals surface area contributed by atoms with Gasteiger partial charge in [-0.25, -0.2) is 4.98 Å². The van der Waals surface area contributed by atoms with Crippen LogP contribution in [0.5, 0.6) is 0 Å². The van der Waals surface area contributed by atoms with Crippen molar-refractivity contribution in [2.24, 2.45) is 0 Å². The summed E-state index contributed by atoms with van der Waals surface area (Å²) >= 11 is 0. The molecule has 0 spiro atoms. The second-order valence-electron chi connectivity index (χ2n) is 4.43.